The van der Waals surface area contributed by atoms with E-state index in [9.17, 15) is 4.79 Å². The summed E-state index contributed by atoms with van der Waals surface area (Å²) in [6.07, 6.45) is 2.05. The van der Waals surface area contributed by atoms with Crippen LogP contribution >= 0.6 is 15.9 Å². The molecule has 0 bridgehead atoms. The molecule has 0 aliphatic heterocycles. The molecule has 0 aliphatic rings. The van der Waals surface area contributed by atoms with Crippen LogP contribution in [0.3, 0.4) is 0 Å². The number of hydrogen-bond acceptors (Lipinski definition) is 1. The molecule has 0 radical (unpaired) electrons. The molecule has 17 heavy (non-hydrogen) atoms. The van der Waals surface area contributed by atoms with Gasteiger partial charge in [0.05, 0.1) is 0 Å². The first-order chi connectivity index (χ1) is 8.04. The summed E-state index contributed by atoms with van der Waals surface area (Å²) in [5, 5.41) is 2.96. The van der Waals surface area contributed by atoms with Gasteiger partial charge in [-0.3, -0.25) is 4.79 Å². The Hall–Kier alpha value is -0.830. The summed E-state index contributed by atoms with van der Waals surface area (Å²) < 4.78 is 0. The highest BCUT2D eigenvalue weighted by molar-refractivity contribution is 9.09. The first kappa shape index (κ1) is 14.2. The normalized spacial score (nSPS) is 12.2. The Morgan fingerprint density at radius 1 is 1.41 bits per heavy atom. The molecule has 0 saturated carbocycles. The number of nitrogens with one attached hydrogen (secondary N) is 1. The molecule has 1 amide bonds. The lowest BCUT2D eigenvalue weighted by Gasteiger charge is -2.10. The van der Waals surface area contributed by atoms with Gasteiger partial charge < -0.3 is 5.32 Å². The number of rotatable bonds is 5. The SMILES string of the molecule is CCC(Br)CCNC(=O)c1cc(C)ccc1C. The van der Waals surface area contributed by atoms with Crippen LogP contribution in [-0.4, -0.2) is 17.3 Å². The van der Waals surface area contributed by atoms with E-state index in [0.717, 1.165) is 36.1 Å². The summed E-state index contributed by atoms with van der Waals surface area (Å²) in [5.41, 5.74) is 2.93. The molecule has 1 aromatic carbocycles. The van der Waals surface area contributed by atoms with Crippen molar-refractivity contribution in [1.29, 1.82) is 0 Å². The van der Waals surface area contributed by atoms with Crippen LogP contribution in [0.5, 0.6) is 0 Å². The van der Waals surface area contributed by atoms with Crippen LogP contribution in [0.4, 0.5) is 0 Å². The first-order valence-electron chi connectivity index (χ1n) is 6.04. The van der Waals surface area contributed by atoms with Gasteiger partial charge in [-0.15, -0.1) is 0 Å². The Bertz CT molecular complexity index is 390. The quantitative estimate of drug-likeness (QED) is 0.827. The number of carbonyl (C=O) groups is 1. The Morgan fingerprint density at radius 3 is 2.76 bits per heavy atom. The molecule has 0 fully saturated rings. The van der Waals surface area contributed by atoms with E-state index in [1.165, 1.54) is 0 Å². The van der Waals surface area contributed by atoms with Crippen molar-refractivity contribution in [3.05, 3.63) is 34.9 Å². The number of carbonyl (C=O) groups excluding carboxylic acids is 1. The molecule has 1 aromatic rings. The fraction of sp³-hybridized carbons (Fsp3) is 0.500. The van der Waals surface area contributed by atoms with Crippen LogP contribution in [0.2, 0.25) is 0 Å². The summed E-state index contributed by atoms with van der Waals surface area (Å²) in [7, 11) is 0. The zero-order chi connectivity index (χ0) is 12.8. The molecular formula is C14H20BrNO. The van der Waals surface area contributed by atoms with Crippen molar-refractivity contribution >= 4 is 21.8 Å². The van der Waals surface area contributed by atoms with E-state index in [2.05, 4.69) is 28.2 Å². The maximum Gasteiger partial charge on any atom is 0.251 e. The number of hydrogen-bond donors (Lipinski definition) is 1. The zero-order valence-corrected chi connectivity index (χ0v) is 12.3. The maximum absolute atomic E-state index is 12.0. The average molecular weight is 298 g/mol. The van der Waals surface area contributed by atoms with Gasteiger partial charge in [-0.1, -0.05) is 40.5 Å². The van der Waals surface area contributed by atoms with Gasteiger partial charge in [-0.05, 0) is 38.3 Å². The minimum atomic E-state index is 0.0296. The number of alkyl halides is 1. The van der Waals surface area contributed by atoms with E-state index in [0.29, 0.717) is 4.83 Å². The van der Waals surface area contributed by atoms with Crippen LogP contribution in [0.25, 0.3) is 0 Å². The summed E-state index contributed by atoms with van der Waals surface area (Å²) in [6, 6.07) is 5.96. The van der Waals surface area contributed by atoms with Crippen molar-refractivity contribution < 1.29 is 4.79 Å². The van der Waals surface area contributed by atoms with E-state index < -0.39 is 0 Å². The van der Waals surface area contributed by atoms with Crippen molar-refractivity contribution in [2.75, 3.05) is 6.54 Å². The second-order valence-electron chi connectivity index (χ2n) is 4.37. The maximum atomic E-state index is 12.0. The second kappa shape index (κ2) is 6.80. The predicted octanol–water partition coefficient (Wildman–Crippen LogP) is 3.60. The molecule has 0 saturated heterocycles. The van der Waals surface area contributed by atoms with Gasteiger partial charge in [-0.25, -0.2) is 0 Å². The van der Waals surface area contributed by atoms with Crippen LogP contribution in [0.1, 0.15) is 41.3 Å². The molecule has 1 N–H and O–H groups in total. The standard InChI is InChI=1S/C14H20BrNO/c1-4-12(15)7-8-16-14(17)13-9-10(2)5-6-11(13)3/h5-6,9,12H,4,7-8H2,1-3H3,(H,16,17). The molecule has 94 valence electrons. The van der Waals surface area contributed by atoms with E-state index in [-0.39, 0.29) is 5.91 Å². The molecule has 3 heteroatoms. The third-order valence-corrected chi connectivity index (χ3v) is 3.93. The summed E-state index contributed by atoms with van der Waals surface area (Å²) in [6.45, 7) is 6.82. The van der Waals surface area contributed by atoms with Crippen molar-refractivity contribution in [3.63, 3.8) is 0 Å². The van der Waals surface area contributed by atoms with Gasteiger partial charge in [0, 0.05) is 16.9 Å². The third kappa shape index (κ3) is 4.50. The zero-order valence-electron chi connectivity index (χ0n) is 10.7. The van der Waals surface area contributed by atoms with Gasteiger partial charge in [0.1, 0.15) is 0 Å². The fourth-order valence-corrected chi connectivity index (χ4v) is 1.85. The Balaban J connectivity index is 2.55. The monoisotopic (exact) mass is 297 g/mol. The highest BCUT2D eigenvalue weighted by Gasteiger charge is 2.09. The minimum absolute atomic E-state index is 0.0296. The smallest absolute Gasteiger partial charge is 0.251 e. The fourth-order valence-electron chi connectivity index (χ4n) is 1.62. The van der Waals surface area contributed by atoms with Gasteiger partial charge in [0.2, 0.25) is 0 Å². The number of halogens is 1. The molecule has 1 rings (SSSR count). The molecule has 0 aromatic heterocycles. The van der Waals surface area contributed by atoms with E-state index in [4.69, 9.17) is 0 Å². The van der Waals surface area contributed by atoms with Gasteiger partial charge >= 0.3 is 0 Å². The first-order valence-corrected chi connectivity index (χ1v) is 6.95. The molecule has 0 aliphatic carbocycles. The highest BCUT2D eigenvalue weighted by Crippen LogP contribution is 2.11. The van der Waals surface area contributed by atoms with Crippen LogP contribution in [0.15, 0.2) is 18.2 Å². The lowest BCUT2D eigenvalue weighted by atomic mass is 10.1. The lowest BCUT2D eigenvalue weighted by Crippen LogP contribution is -2.26. The molecule has 1 atom stereocenters. The van der Waals surface area contributed by atoms with Crippen LogP contribution in [-0.2, 0) is 0 Å². The van der Waals surface area contributed by atoms with Crippen molar-refractivity contribution in [2.45, 2.75) is 38.4 Å². The van der Waals surface area contributed by atoms with Crippen molar-refractivity contribution in [1.82, 2.24) is 5.32 Å². The van der Waals surface area contributed by atoms with Gasteiger partial charge in [0.25, 0.3) is 5.91 Å². The topological polar surface area (TPSA) is 29.1 Å². The van der Waals surface area contributed by atoms with Gasteiger partial charge in [0.15, 0.2) is 0 Å². The van der Waals surface area contributed by atoms with Crippen molar-refractivity contribution in [3.8, 4) is 0 Å². The third-order valence-electron chi connectivity index (χ3n) is 2.82. The second-order valence-corrected chi connectivity index (χ2v) is 5.66. The summed E-state index contributed by atoms with van der Waals surface area (Å²) >= 11 is 3.56. The molecule has 1 unspecified atom stereocenters. The molecular weight excluding hydrogens is 278 g/mol. The van der Waals surface area contributed by atoms with Crippen LogP contribution in [0, 0.1) is 13.8 Å². The van der Waals surface area contributed by atoms with Crippen LogP contribution < -0.4 is 5.32 Å². The summed E-state index contributed by atoms with van der Waals surface area (Å²) in [5.74, 6) is 0.0296. The van der Waals surface area contributed by atoms with E-state index in [1.54, 1.807) is 0 Å². The van der Waals surface area contributed by atoms with E-state index in [1.807, 2.05) is 32.0 Å². The molecule has 0 spiro atoms. The average Bonchev–Trinajstić information content (AvgIpc) is 2.31. The van der Waals surface area contributed by atoms with E-state index >= 15 is 0 Å². The summed E-state index contributed by atoms with van der Waals surface area (Å²) in [4.78, 5) is 12.4. The Labute approximate surface area is 112 Å². The molecule has 0 heterocycles. The van der Waals surface area contributed by atoms with Crippen molar-refractivity contribution in [2.24, 2.45) is 0 Å². The Morgan fingerprint density at radius 2 is 2.12 bits per heavy atom. The highest BCUT2D eigenvalue weighted by atomic mass is 79.9. The molecule has 2 nitrogen and oxygen atoms in total. The number of aryl methyl sites for hydroxylation is 2. The predicted molar refractivity (Wildman–Crippen MR) is 75.9 cm³/mol. The number of amides is 1. The largest absolute Gasteiger partial charge is 0.352 e. The van der Waals surface area contributed by atoms with Gasteiger partial charge in [-0.2, -0.15) is 0 Å². The lowest BCUT2D eigenvalue weighted by molar-refractivity contribution is 0.0952. The minimum Gasteiger partial charge on any atom is -0.352 e. The number of benzene rings is 1. The Kier molecular flexibility index (Phi) is 5.69.